The Morgan fingerprint density at radius 2 is 1.80 bits per heavy atom. The van der Waals surface area contributed by atoms with Gasteiger partial charge in [-0.3, -0.25) is 0 Å². The van der Waals surface area contributed by atoms with E-state index in [4.69, 9.17) is 4.98 Å². The van der Waals surface area contributed by atoms with Crippen LogP contribution in [0.15, 0.2) is 65.3 Å². The molecule has 1 aliphatic heterocycles. The molecule has 8 heteroatoms. The molecule has 2 amide bonds. The second-order valence-corrected chi connectivity index (χ2v) is 8.07. The van der Waals surface area contributed by atoms with Crippen LogP contribution in [0.25, 0.3) is 16.6 Å². The smallest absolute Gasteiger partial charge is 0.321 e. The van der Waals surface area contributed by atoms with Crippen molar-refractivity contribution in [1.29, 1.82) is 0 Å². The first-order valence-electron chi connectivity index (χ1n) is 9.72. The van der Waals surface area contributed by atoms with Crippen LogP contribution in [-0.2, 0) is 0 Å². The molecule has 4 aromatic rings. The third-order valence-corrected chi connectivity index (χ3v) is 6.07. The summed E-state index contributed by atoms with van der Waals surface area (Å²) in [5.41, 5.74) is 3.20. The number of anilines is 2. The number of carbonyl (C=O) groups is 1. The predicted molar refractivity (Wildman–Crippen MR) is 120 cm³/mol. The first kappa shape index (κ1) is 18.9. The van der Waals surface area contributed by atoms with Gasteiger partial charge in [-0.25, -0.2) is 14.2 Å². The summed E-state index contributed by atoms with van der Waals surface area (Å²) in [6.07, 6.45) is 1.96. The van der Waals surface area contributed by atoms with Gasteiger partial charge >= 0.3 is 6.03 Å². The van der Waals surface area contributed by atoms with Gasteiger partial charge in [-0.15, -0.1) is 0 Å². The Hall–Kier alpha value is -3.13. The molecule has 0 bridgehead atoms. The fourth-order valence-electron chi connectivity index (χ4n) is 3.85. The maximum Gasteiger partial charge on any atom is 0.321 e. The highest BCUT2D eigenvalue weighted by Gasteiger charge is 2.24. The van der Waals surface area contributed by atoms with Crippen molar-refractivity contribution >= 4 is 50.0 Å². The lowest BCUT2D eigenvalue weighted by atomic mass is 10.2. The van der Waals surface area contributed by atoms with Crippen molar-refractivity contribution in [3.05, 3.63) is 71.1 Å². The Bertz CT molecular complexity index is 1250. The summed E-state index contributed by atoms with van der Waals surface area (Å²) < 4.78 is 16.6. The average Bonchev–Trinajstić information content (AvgIpc) is 3.25. The zero-order chi connectivity index (χ0) is 20.7. The molecule has 3 heterocycles. The van der Waals surface area contributed by atoms with E-state index >= 15 is 0 Å². The largest absolute Gasteiger partial charge is 0.351 e. The molecule has 0 saturated carbocycles. The van der Waals surface area contributed by atoms with Crippen molar-refractivity contribution in [3.63, 3.8) is 0 Å². The van der Waals surface area contributed by atoms with Gasteiger partial charge in [0.2, 0.25) is 0 Å². The number of fused-ring (bicyclic) bond motifs is 3. The number of carbonyl (C=O) groups excluding carboxylic acids is 1. The first-order chi connectivity index (χ1) is 14.6. The molecular weight excluding hydrogens is 449 g/mol. The molecule has 0 aliphatic carbocycles. The van der Waals surface area contributed by atoms with Crippen LogP contribution in [0, 0.1) is 5.82 Å². The van der Waals surface area contributed by atoms with Crippen molar-refractivity contribution in [1.82, 2.24) is 14.3 Å². The average molecular weight is 468 g/mol. The van der Waals surface area contributed by atoms with Crippen molar-refractivity contribution in [3.8, 4) is 0 Å². The summed E-state index contributed by atoms with van der Waals surface area (Å²) in [4.78, 5) is 21.4. The maximum atomic E-state index is 13.8. The standard InChI is InChI=1S/C22H19BrFN5O/c23-16-4-1-2-5-17(16)26-22(30)28-12-10-27(11-13-28)21-20-6-3-9-29(20)19-8-7-15(24)14-18(19)25-21/h1-9,14H,10-13H2,(H,26,30). The zero-order valence-electron chi connectivity index (χ0n) is 16.1. The maximum absolute atomic E-state index is 13.8. The van der Waals surface area contributed by atoms with Gasteiger partial charge in [-0.05, 0) is 52.3 Å². The number of nitrogens with zero attached hydrogens (tertiary/aromatic N) is 4. The van der Waals surface area contributed by atoms with E-state index in [9.17, 15) is 9.18 Å². The summed E-state index contributed by atoms with van der Waals surface area (Å²) in [5.74, 6) is 0.505. The quantitative estimate of drug-likeness (QED) is 0.463. The molecule has 30 heavy (non-hydrogen) atoms. The van der Waals surface area contributed by atoms with Crippen LogP contribution in [-0.4, -0.2) is 46.5 Å². The van der Waals surface area contributed by atoms with E-state index in [1.807, 2.05) is 47.0 Å². The number of nitrogens with one attached hydrogen (secondary N) is 1. The Morgan fingerprint density at radius 1 is 1.00 bits per heavy atom. The lowest BCUT2D eigenvalue weighted by molar-refractivity contribution is 0.208. The summed E-state index contributed by atoms with van der Waals surface area (Å²) in [5, 5.41) is 2.95. The molecule has 152 valence electrons. The van der Waals surface area contributed by atoms with E-state index in [0.717, 1.165) is 27.0 Å². The molecule has 2 aromatic heterocycles. The van der Waals surface area contributed by atoms with Crippen LogP contribution in [0.1, 0.15) is 0 Å². The van der Waals surface area contributed by atoms with Crippen molar-refractivity contribution in [2.45, 2.75) is 0 Å². The SMILES string of the molecule is O=C(Nc1ccccc1Br)N1CCN(c2nc3cc(F)ccc3n3cccc23)CC1. The minimum Gasteiger partial charge on any atom is -0.351 e. The van der Waals surface area contributed by atoms with Gasteiger partial charge in [-0.1, -0.05) is 12.1 Å². The normalized spacial score (nSPS) is 14.5. The summed E-state index contributed by atoms with van der Waals surface area (Å²) in [6.45, 7) is 2.45. The van der Waals surface area contributed by atoms with Gasteiger partial charge in [0.25, 0.3) is 0 Å². The number of para-hydroxylation sites is 1. The van der Waals surface area contributed by atoms with E-state index in [2.05, 4.69) is 26.1 Å². The molecule has 0 radical (unpaired) electrons. The molecule has 1 N–H and O–H groups in total. The molecule has 1 fully saturated rings. The van der Waals surface area contributed by atoms with Crippen LogP contribution >= 0.6 is 15.9 Å². The van der Waals surface area contributed by atoms with E-state index < -0.39 is 0 Å². The minimum absolute atomic E-state index is 0.122. The Balaban J connectivity index is 1.36. The third-order valence-electron chi connectivity index (χ3n) is 5.38. The highest BCUT2D eigenvalue weighted by Crippen LogP contribution is 2.27. The van der Waals surface area contributed by atoms with Crippen LogP contribution in [0.4, 0.5) is 20.7 Å². The van der Waals surface area contributed by atoms with Gasteiger partial charge < -0.3 is 19.5 Å². The van der Waals surface area contributed by atoms with Crippen molar-refractivity contribution < 1.29 is 9.18 Å². The summed E-state index contributed by atoms with van der Waals surface area (Å²) in [6, 6.07) is 16.1. The Kier molecular flexibility index (Phi) is 4.78. The molecule has 1 aliphatic rings. The molecule has 5 rings (SSSR count). The number of halogens is 2. The summed E-state index contributed by atoms with van der Waals surface area (Å²) >= 11 is 3.45. The number of hydrogen-bond acceptors (Lipinski definition) is 3. The molecular formula is C22H19BrFN5O. The number of benzene rings is 2. The molecule has 0 spiro atoms. The van der Waals surface area contributed by atoms with E-state index in [0.29, 0.717) is 31.7 Å². The monoisotopic (exact) mass is 467 g/mol. The van der Waals surface area contributed by atoms with Gasteiger partial charge in [0.05, 0.1) is 22.2 Å². The molecule has 1 saturated heterocycles. The third kappa shape index (κ3) is 3.37. The minimum atomic E-state index is -0.305. The number of amides is 2. The van der Waals surface area contributed by atoms with Gasteiger partial charge in [-0.2, -0.15) is 0 Å². The fraction of sp³-hybridized carbons (Fsp3) is 0.182. The lowest BCUT2D eigenvalue weighted by Gasteiger charge is -2.35. The molecule has 0 unspecified atom stereocenters. The number of urea groups is 1. The lowest BCUT2D eigenvalue weighted by Crippen LogP contribution is -2.50. The number of rotatable bonds is 2. The number of piperazine rings is 1. The first-order valence-corrected chi connectivity index (χ1v) is 10.5. The van der Waals surface area contributed by atoms with Crippen LogP contribution in [0.2, 0.25) is 0 Å². The van der Waals surface area contributed by atoms with E-state index in [1.165, 1.54) is 12.1 Å². The van der Waals surface area contributed by atoms with Crippen LogP contribution in [0.3, 0.4) is 0 Å². The Labute approximate surface area is 181 Å². The number of aromatic nitrogens is 2. The number of hydrogen-bond donors (Lipinski definition) is 1. The molecule has 2 aromatic carbocycles. The highest BCUT2D eigenvalue weighted by atomic mass is 79.9. The van der Waals surface area contributed by atoms with Gasteiger partial charge in [0, 0.05) is 42.9 Å². The Morgan fingerprint density at radius 3 is 2.60 bits per heavy atom. The van der Waals surface area contributed by atoms with Crippen LogP contribution < -0.4 is 10.2 Å². The van der Waals surface area contributed by atoms with E-state index in [-0.39, 0.29) is 11.8 Å². The van der Waals surface area contributed by atoms with E-state index in [1.54, 1.807) is 11.0 Å². The zero-order valence-corrected chi connectivity index (χ0v) is 17.6. The second-order valence-electron chi connectivity index (χ2n) is 7.22. The predicted octanol–water partition coefficient (Wildman–Crippen LogP) is 4.74. The van der Waals surface area contributed by atoms with Crippen molar-refractivity contribution in [2.24, 2.45) is 0 Å². The second kappa shape index (κ2) is 7.60. The molecule has 0 atom stereocenters. The summed E-state index contributed by atoms with van der Waals surface area (Å²) in [7, 11) is 0. The fourth-order valence-corrected chi connectivity index (χ4v) is 4.23. The van der Waals surface area contributed by atoms with Gasteiger partial charge in [0.1, 0.15) is 5.82 Å². The van der Waals surface area contributed by atoms with Gasteiger partial charge in [0.15, 0.2) is 5.82 Å². The van der Waals surface area contributed by atoms with Crippen molar-refractivity contribution in [2.75, 3.05) is 36.4 Å². The topological polar surface area (TPSA) is 52.9 Å². The highest BCUT2D eigenvalue weighted by molar-refractivity contribution is 9.10. The molecule has 6 nitrogen and oxygen atoms in total. The van der Waals surface area contributed by atoms with Crippen LogP contribution in [0.5, 0.6) is 0 Å².